The van der Waals surface area contributed by atoms with Gasteiger partial charge >= 0.3 is 463 Å². The van der Waals surface area contributed by atoms with E-state index in [1.165, 1.54) is 143 Å². The summed E-state index contributed by atoms with van der Waals surface area (Å²) in [5.41, 5.74) is 20.5. The molecule has 5 aliphatic heterocycles. The summed E-state index contributed by atoms with van der Waals surface area (Å²) in [5, 5.41) is 7.46. The number of para-hydroxylation sites is 6. The van der Waals surface area contributed by atoms with Crippen LogP contribution in [0.3, 0.4) is 0 Å². The molecule has 19 rings (SSSR count). The molecule has 14 aromatic rings. The molecule has 6 nitrogen and oxygen atoms in total. The summed E-state index contributed by atoms with van der Waals surface area (Å²) < 4.78 is 19.8. The molecular weight excluding hydrogens is 1050 g/mol. The van der Waals surface area contributed by atoms with Crippen molar-refractivity contribution in [2.75, 3.05) is 9.80 Å². The Labute approximate surface area is 459 Å². The number of rotatable bonds is 3. The van der Waals surface area contributed by atoms with Gasteiger partial charge in [0.15, 0.2) is 0 Å². The second kappa shape index (κ2) is 14.7. The van der Waals surface area contributed by atoms with Crippen LogP contribution in [0.15, 0.2) is 226 Å². The van der Waals surface area contributed by atoms with E-state index in [1.54, 1.807) is 0 Å². The van der Waals surface area contributed by atoms with E-state index in [4.69, 9.17) is 4.74 Å². The topological polar surface area (TPSA) is 30.5 Å². The van der Waals surface area contributed by atoms with Gasteiger partial charge in [-0.05, 0) is 0 Å². The van der Waals surface area contributed by atoms with Gasteiger partial charge in [-0.3, -0.25) is 0 Å². The zero-order valence-corrected chi connectivity index (χ0v) is 46.3. The fourth-order valence-corrected chi connectivity index (χ4v) is 27.7. The first-order chi connectivity index (χ1) is 38.4. The van der Waals surface area contributed by atoms with Gasteiger partial charge in [0.1, 0.15) is 0 Å². The van der Waals surface area contributed by atoms with Crippen molar-refractivity contribution in [3.8, 4) is 28.6 Å². The summed E-state index contributed by atoms with van der Waals surface area (Å²) in [6, 6.07) is 77.9. The van der Waals surface area contributed by atoms with Crippen LogP contribution in [-0.2, 0) is 0 Å². The summed E-state index contributed by atoms with van der Waals surface area (Å²) in [4.78, 5) is 10.4. The molecule has 0 fully saturated rings. The zero-order chi connectivity index (χ0) is 51.0. The Morgan fingerprint density at radius 2 is 0.692 bits per heavy atom. The molecule has 0 spiro atoms. The van der Waals surface area contributed by atoms with Gasteiger partial charge in [0.2, 0.25) is 0 Å². The minimum atomic E-state index is -3.94. The SMILES string of the molecule is Cc1ccc2c(c1)Sc1c(-n3c4ccccc4c4ccccc43)cc3[c]4c1N2c1cc(-n2c5ccccc5c5ccccc52)cc2[c]1[Ge]4([CH3])[c]1c(cc(-n4c5ccccc5c5ccccc54)c4c1N2c1ccc(C)cc1S4)O3. The van der Waals surface area contributed by atoms with Gasteiger partial charge in [-0.1, -0.05) is 0 Å². The Kier molecular flexibility index (Phi) is 8.04. The average molecular weight is 1090 g/mol. The molecule has 3 aromatic heterocycles. The predicted molar refractivity (Wildman–Crippen MR) is 327 cm³/mol. The van der Waals surface area contributed by atoms with Crippen molar-refractivity contribution in [1.29, 1.82) is 0 Å². The van der Waals surface area contributed by atoms with Crippen molar-refractivity contribution in [2.24, 2.45) is 0 Å². The summed E-state index contributed by atoms with van der Waals surface area (Å²) in [6.45, 7) is 4.46. The molecule has 0 saturated heterocycles. The van der Waals surface area contributed by atoms with Crippen LogP contribution in [0, 0.1) is 13.8 Å². The normalized spacial score (nSPS) is 14.7. The Hall–Kier alpha value is -8.54. The van der Waals surface area contributed by atoms with Crippen LogP contribution in [0.2, 0.25) is 5.76 Å². The monoisotopic (exact) mass is 1100 g/mol. The van der Waals surface area contributed by atoms with Crippen LogP contribution in [0.1, 0.15) is 11.1 Å². The number of hydrogen-bond donors (Lipinski definition) is 0. The first-order valence-corrected chi connectivity index (χ1v) is 33.7. The minimum absolute atomic E-state index is 0.964. The second-order valence-electron chi connectivity index (χ2n) is 21.9. The summed E-state index contributed by atoms with van der Waals surface area (Å²) in [6.07, 6.45) is 0. The average Bonchev–Trinajstić information content (AvgIpc) is 1.95. The second-order valence-corrected chi connectivity index (χ2v) is 31.9. The standard InChI is InChI=1S/C69H43GeN5OS2/c1-38-28-30-53-61(32-38)77-68-57(72-49-24-12-6-18-43(49)44-19-7-13-25-50(44)72)36-59-64-66(68)74(53)55-34-40(71-47-22-10-4-16-41(47)42-17-5-11-23-48(42)71)35-56-63(55)70(64,3)65-60(76-59)37-58(69-67(65)75(56)54-31-29-39(2)33-62(54)78-69)73-51-26-14-8-20-45(51)46-21-9-15-27-52(46)73/h4-37H,1-3H3. The van der Waals surface area contributed by atoms with E-state index in [9.17, 15) is 0 Å². The Balaban J connectivity index is 1.02. The van der Waals surface area contributed by atoms with Crippen LogP contribution in [-0.4, -0.2) is 27.0 Å². The van der Waals surface area contributed by atoms with Gasteiger partial charge in [-0.25, -0.2) is 0 Å². The molecule has 0 atom stereocenters. The molecule has 78 heavy (non-hydrogen) atoms. The third-order valence-corrected chi connectivity index (χ3v) is 29.4. The van der Waals surface area contributed by atoms with Crippen molar-refractivity contribution in [3.05, 3.63) is 217 Å². The molecule has 0 bridgehead atoms. The first kappa shape index (κ1) is 42.6. The first-order valence-electron chi connectivity index (χ1n) is 26.8. The Bertz CT molecular complexity index is 4740. The molecule has 0 unspecified atom stereocenters. The van der Waals surface area contributed by atoms with Crippen LogP contribution in [0.5, 0.6) is 11.5 Å². The molecule has 0 radical (unpaired) electrons. The molecule has 11 aromatic carbocycles. The number of nitrogens with zero attached hydrogens (tertiary/aromatic N) is 5. The zero-order valence-electron chi connectivity index (χ0n) is 42.6. The Morgan fingerprint density at radius 3 is 1.06 bits per heavy atom. The van der Waals surface area contributed by atoms with E-state index < -0.39 is 13.3 Å². The molecule has 0 saturated carbocycles. The number of ether oxygens (including phenoxy) is 1. The number of fused-ring (bicyclic) bond motifs is 15. The quantitative estimate of drug-likeness (QED) is 0.165. The molecule has 0 aliphatic carbocycles. The van der Waals surface area contributed by atoms with E-state index in [0.717, 1.165) is 28.6 Å². The van der Waals surface area contributed by atoms with Crippen molar-refractivity contribution in [1.82, 2.24) is 13.7 Å². The molecular formula is C69H43GeN5OS2. The van der Waals surface area contributed by atoms with E-state index in [2.05, 4.69) is 249 Å². The molecule has 0 N–H and O–H groups in total. The number of benzene rings is 11. The number of aryl methyl sites for hydroxylation is 2. The molecule has 5 aliphatic rings. The summed E-state index contributed by atoms with van der Waals surface area (Å²) in [5.74, 6) is 4.64. The molecule has 0 amide bonds. The van der Waals surface area contributed by atoms with Crippen molar-refractivity contribution >= 4 is 150 Å². The number of aromatic nitrogens is 3. The third kappa shape index (κ3) is 5.11. The van der Waals surface area contributed by atoms with Crippen molar-refractivity contribution < 1.29 is 4.74 Å². The van der Waals surface area contributed by atoms with Gasteiger partial charge in [-0.2, -0.15) is 0 Å². The van der Waals surface area contributed by atoms with Gasteiger partial charge < -0.3 is 0 Å². The maximum absolute atomic E-state index is 7.92. The van der Waals surface area contributed by atoms with Crippen molar-refractivity contribution in [3.63, 3.8) is 0 Å². The Morgan fingerprint density at radius 1 is 0.346 bits per heavy atom. The summed E-state index contributed by atoms with van der Waals surface area (Å²) >= 11 is -0.0708. The van der Waals surface area contributed by atoms with E-state index in [1.807, 2.05) is 23.5 Å². The molecule has 8 heterocycles. The molecule has 366 valence electrons. The van der Waals surface area contributed by atoms with E-state index in [0.29, 0.717) is 0 Å². The predicted octanol–water partition coefficient (Wildman–Crippen LogP) is 17.3. The van der Waals surface area contributed by atoms with Crippen LogP contribution in [0.4, 0.5) is 34.1 Å². The molecule has 9 heteroatoms. The van der Waals surface area contributed by atoms with Gasteiger partial charge in [0.05, 0.1) is 0 Å². The number of hydrogen-bond acceptors (Lipinski definition) is 5. The van der Waals surface area contributed by atoms with E-state index in [-0.39, 0.29) is 0 Å². The van der Waals surface area contributed by atoms with E-state index >= 15 is 0 Å². The van der Waals surface area contributed by atoms with Crippen LogP contribution in [0.25, 0.3) is 82.5 Å². The van der Waals surface area contributed by atoms with Crippen molar-refractivity contribution in [2.45, 2.75) is 39.2 Å². The van der Waals surface area contributed by atoms with Gasteiger partial charge in [0, 0.05) is 0 Å². The number of anilines is 6. The fourth-order valence-electron chi connectivity index (χ4n) is 14.7. The third-order valence-electron chi connectivity index (χ3n) is 17.7. The maximum atomic E-state index is 7.92. The van der Waals surface area contributed by atoms with Gasteiger partial charge in [0.25, 0.3) is 0 Å². The van der Waals surface area contributed by atoms with Gasteiger partial charge in [-0.15, -0.1) is 0 Å². The summed E-state index contributed by atoms with van der Waals surface area (Å²) in [7, 11) is 0. The van der Waals surface area contributed by atoms with Crippen LogP contribution < -0.4 is 27.7 Å². The van der Waals surface area contributed by atoms with Crippen LogP contribution >= 0.6 is 23.5 Å². The fraction of sp³-hybridized carbons (Fsp3) is 0.0435.